The average molecular weight is 435 g/mol. The molecule has 3 heterocycles. The van der Waals surface area contributed by atoms with E-state index in [9.17, 15) is 9.59 Å². The second-order valence-electron chi connectivity index (χ2n) is 6.97. The summed E-state index contributed by atoms with van der Waals surface area (Å²) in [4.78, 5) is 25.1. The van der Waals surface area contributed by atoms with E-state index in [2.05, 4.69) is 20.6 Å². The third-order valence-corrected chi connectivity index (χ3v) is 5.47. The Labute approximate surface area is 183 Å². The molecule has 158 valence electrons. The third kappa shape index (κ3) is 4.83. The fourth-order valence-electron chi connectivity index (χ4n) is 3.30. The number of fused-ring (bicyclic) bond motifs is 1. The van der Waals surface area contributed by atoms with E-state index < -0.39 is 0 Å². The lowest BCUT2D eigenvalue weighted by Crippen LogP contribution is -2.36. The summed E-state index contributed by atoms with van der Waals surface area (Å²) in [7, 11) is 0. The van der Waals surface area contributed by atoms with Crippen LogP contribution in [0.3, 0.4) is 0 Å². The summed E-state index contributed by atoms with van der Waals surface area (Å²) in [6.45, 7) is -0.175. The number of nitrogens with one attached hydrogen (secondary N) is 1. The fourth-order valence-corrected chi connectivity index (χ4v) is 3.77. The number of rotatable bonds is 8. The average Bonchev–Trinajstić information content (AvgIpc) is 3.23. The summed E-state index contributed by atoms with van der Waals surface area (Å²) < 4.78 is 3.05. The van der Waals surface area contributed by atoms with Crippen molar-refractivity contribution in [3.63, 3.8) is 0 Å². The van der Waals surface area contributed by atoms with Crippen molar-refractivity contribution >= 4 is 23.3 Å². The van der Waals surface area contributed by atoms with Crippen molar-refractivity contribution in [2.75, 3.05) is 12.0 Å². The first-order chi connectivity index (χ1) is 15.2. The molecule has 0 radical (unpaired) electrons. The molecule has 0 saturated carbocycles. The third-order valence-electron chi connectivity index (χ3n) is 4.83. The number of amides is 1. The van der Waals surface area contributed by atoms with Gasteiger partial charge < -0.3 is 5.32 Å². The molecular formula is C22H22N6O2S. The summed E-state index contributed by atoms with van der Waals surface area (Å²) in [6.07, 6.45) is 4.58. The smallest absolute Gasteiger partial charge is 0.267 e. The quantitative estimate of drug-likeness (QED) is 0.458. The highest BCUT2D eigenvalue weighted by Gasteiger charge is 2.20. The van der Waals surface area contributed by atoms with Gasteiger partial charge in [0.2, 0.25) is 5.91 Å². The summed E-state index contributed by atoms with van der Waals surface area (Å²) in [6, 6.07) is 17.9. The van der Waals surface area contributed by atoms with Crippen LogP contribution in [0.2, 0.25) is 0 Å². The van der Waals surface area contributed by atoms with Gasteiger partial charge in [0.1, 0.15) is 6.54 Å². The lowest BCUT2D eigenvalue weighted by molar-refractivity contribution is -0.122. The van der Waals surface area contributed by atoms with Crippen LogP contribution >= 0.6 is 11.8 Å². The van der Waals surface area contributed by atoms with Gasteiger partial charge in [-0.2, -0.15) is 16.9 Å². The first kappa shape index (κ1) is 20.8. The molecule has 0 bridgehead atoms. The molecular weight excluding hydrogens is 412 g/mol. The van der Waals surface area contributed by atoms with Crippen LogP contribution in [0.5, 0.6) is 0 Å². The van der Waals surface area contributed by atoms with Crippen molar-refractivity contribution in [3.05, 3.63) is 83.0 Å². The molecule has 1 N–H and O–H groups in total. The highest BCUT2D eigenvalue weighted by atomic mass is 32.2. The zero-order valence-corrected chi connectivity index (χ0v) is 17.8. The predicted molar refractivity (Wildman–Crippen MR) is 121 cm³/mol. The van der Waals surface area contributed by atoms with Gasteiger partial charge in [-0.05, 0) is 36.6 Å². The Morgan fingerprint density at radius 3 is 2.68 bits per heavy atom. The highest BCUT2D eigenvalue weighted by molar-refractivity contribution is 7.98. The van der Waals surface area contributed by atoms with Crippen LogP contribution in [0.15, 0.2) is 71.7 Å². The van der Waals surface area contributed by atoms with Crippen LogP contribution in [0.4, 0.5) is 0 Å². The number of hydrogen-bond acceptors (Lipinski definition) is 6. The molecule has 1 atom stereocenters. The minimum Gasteiger partial charge on any atom is -0.344 e. The predicted octanol–water partition coefficient (Wildman–Crippen LogP) is 2.56. The monoisotopic (exact) mass is 434 g/mol. The van der Waals surface area contributed by atoms with Gasteiger partial charge in [0, 0.05) is 17.8 Å². The molecule has 0 unspecified atom stereocenters. The molecule has 0 aliphatic heterocycles. The van der Waals surface area contributed by atoms with Crippen molar-refractivity contribution < 1.29 is 4.79 Å². The lowest BCUT2D eigenvalue weighted by Gasteiger charge is -2.17. The molecule has 9 heteroatoms. The van der Waals surface area contributed by atoms with Crippen LogP contribution in [-0.4, -0.2) is 42.3 Å². The topological polar surface area (TPSA) is 94.2 Å². The van der Waals surface area contributed by atoms with Gasteiger partial charge in [0.25, 0.3) is 5.56 Å². The van der Waals surface area contributed by atoms with E-state index in [-0.39, 0.29) is 24.1 Å². The second-order valence-corrected chi connectivity index (χ2v) is 7.95. The Balaban J connectivity index is 1.55. The SMILES string of the molecule is CSCC[C@@H](NC(=O)Cn1nc(-c2ccccc2)ccc1=O)c1nnc2ccccn12. The molecule has 0 fully saturated rings. The van der Waals surface area contributed by atoms with E-state index in [4.69, 9.17) is 0 Å². The number of carbonyl (C=O) groups is 1. The van der Waals surface area contributed by atoms with Crippen molar-refractivity contribution in [1.29, 1.82) is 0 Å². The Bertz CT molecular complexity index is 1240. The number of benzene rings is 1. The molecule has 4 aromatic rings. The first-order valence-corrected chi connectivity index (χ1v) is 11.3. The van der Waals surface area contributed by atoms with Gasteiger partial charge in [-0.1, -0.05) is 36.4 Å². The largest absolute Gasteiger partial charge is 0.344 e. The number of thioether (sulfide) groups is 1. The molecule has 8 nitrogen and oxygen atoms in total. The summed E-state index contributed by atoms with van der Waals surface area (Å²) >= 11 is 1.69. The van der Waals surface area contributed by atoms with Crippen LogP contribution < -0.4 is 10.9 Å². The molecule has 31 heavy (non-hydrogen) atoms. The molecule has 0 saturated heterocycles. The molecule has 0 aliphatic rings. The molecule has 0 spiro atoms. The van der Waals surface area contributed by atoms with E-state index in [1.165, 1.54) is 10.7 Å². The van der Waals surface area contributed by atoms with Gasteiger partial charge in [-0.3, -0.25) is 14.0 Å². The molecule has 1 amide bonds. The lowest BCUT2D eigenvalue weighted by atomic mass is 10.1. The second kappa shape index (κ2) is 9.57. The number of carbonyl (C=O) groups excluding carboxylic acids is 1. The standard InChI is InChI=1S/C22H22N6O2S/c1-31-14-12-18(22-25-24-19-9-5-6-13-27(19)22)23-20(29)15-28-21(30)11-10-17(26-28)16-7-3-2-4-8-16/h2-11,13,18H,12,14-15H2,1H3,(H,23,29)/t18-/m1/s1. The van der Waals surface area contributed by atoms with Gasteiger partial charge in [-0.25, -0.2) is 4.68 Å². The van der Waals surface area contributed by atoms with E-state index in [1.54, 1.807) is 17.8 Å². The van der Waals surface area contributed by atoms with Crippen LogP contribution in [-0.2, 0) is 11.3 Å². The first-order valence-electron chi connectivity index (χ1n) is 9.87. The molecule has 3 aromatic heterocycles. The van der Waals surface area contributed by atoms with E-state index in [1.807, 2.05) is 65.4 Å². The fraction of sp³-hybridized carbons (Fsp3) is 0.227. The van der Waals surface area contributed by atoms with Crippen molar-refractivity contribution in [3.8, 4) is 11.3 Å². The molecule has 1 aromatic carbocycles. The van der Waals surface area contributed by atoms with Crippen molar-refractivity contribution in [2.45, 2.75) is 19.0 Å². The van der Waals surface area contributed by atoms with Crippen LogP contribution in [0, 0.1) is 0 Å². The number of aromatic nitrogens is 5. The summed E-state index contributed by atoms with van der Waals surface area (Å²) in [5.41, 5.74) is 1.90. The highest BCUT2D eigenvalue weighted by Crippen LogP contribution is 2.18. The van der Waals surface area contributed by atoms with Crippen LogP contribution in [0.1, 0.15) is 18.3 Å². The van der Waals surface area contributed by atoms with Gasteiger partial charge in [0.05, 0.1) is 11.7 Å². The summed E-state index contributed by atoms with van der Waals surface area (Å²) in [5, 5.41) is 15.8. The minimum atomic E-state index is -0.330. The van der Waals surface area contributed by atoms with Crippen LogP contribution in [0.25, 0.3) is 16.9 Å². The van der Waals surface area contributed by atoms with Gasteiger partial charge in [-0.15, -0.1) is 10.2 Å². The minimum absolute atomic E-state index is 0.175. The van der Waals surface area contributed by atoms with Crippen molar-refractivity contribution in [2.24, 2.45) is 0 Å². The Morgan fingerprint density at radius 2 is 1.87 bits per heavy atom. The van der Waals surface area contributed by atoms with Gasteiger partial charge >= 0.3 is 0 Å². The normalized spacial score (nSPS) is 12.0. The van der Waals surface area contributed by atoms with E-state index in [0.717, 1.165) is 11.3 Å². The number of pyridine rings is 1. The van der Waals surface area contributed by atoms with E-state index in [0.29, 0.717) is 23.6 Å². The zero-order valence-electron chi connectivity index (χ0n) is 17.0. The van der Waals surface area contributed by atoms with Crippen molar-refractivity contribution in [1.82, 2.24) is 29.7 Å². The molecule has 0 aliphatic carbocycles. The number of hydrogen-bond donors (Lipinski definition) is 1. The molecule has 4 rings (SSSR count). The maximum Gasteiger partial charge on any atom is 0.267 e. The maximum absolute atomic E-state index is 12.8. The Hall–Kier alpha value is -3.46. The van der Waals surface area contributed by atoms with Gasteiger partial charge in [0.15, 0.2) is 11.5 Å². The Morgan fingerprint density at radius 1 is 1.06 bits per heavy atom. The Kier molecular flexibility index (Phi) is 6.42. The summed E-state index contributed by atoms with van der Waals surface area (Å²) in [5.74, 6) is 1.20. The zero-order chi connectivity index (χ0) is 21.6. The number of nitrogens with zero attached hydrogens (tertiary/aromatic N) is 5. The van der Waals surface area contributed by atoms with E-state index >= 15 is 0 Å². The maximum atomic E-state index is 12.8.